The molecule has 1 heterocycles. The van der Waals surface area contributed by atoms with Gasteiger partial charge in [-0.1, -0.05) is 54.3 Å². The molecule has 148 valence electrons. The van der Waals surface area contributed by atoms with Crippen LogP contribution < -0.4 is 5.73 Å². The second kappa shape index (κ2) is 8.69. The van der Waals surface area contributed by atoms with Crippen LogP contribution in [-0.2, 0) is 6.42 Å². The number of para-hydroxylation sites is 1. The van der Waals surface area contributed by atoms with Crippen LogP contribution in [0, 0.1) is 11.8 Å². The lowest BCUT2D eigenvalue weighted by molar-refractivity contribution is 0.0998. The molecule has 4 nitrogen and oxygen atoms in total. The first-order valence-electron chi connectivity index (χ1n) is 9.82. The molecule has 0 aliphatic heterocycles. The van der Waals surface area contributed by atoms with Crippen molar-refractivity contribution in [2.75, 3.05) is 6.61 Å². The Balaban J connectivity index is 1.66. The van der Waals surface area contributed by atoms with E-state index < -0.39 is 5.91 Å². The number of aliphatic hydroxyl groups excluding tert-OH is 1. The van der Waals surface area contributed by atoms with Gasteiger partial charge in [-0.05, 0) is 47.9 Å². The van der Waals surface area contributed by atoms with Gasteiger partial charge in [0.2, 0.25) is 5.91 Å². The summed E-state index contributed by atoms with van der Waals surface area (Å²) in [6, 6.07) is 23.1. The van der Waals surface area contributed by atoms with Crippen LogP contribution in [0.2, 0.25) is 0 Å². The summed E-state index contributed by atoms with van der Waals surface area (Å²) in [6.07, 6.45) is 2.55. The molecule has 30 heavy (non-hydrogen) atoms. The van der Waals surface area contributed by atoms with Crippen LogP contribution in [0.1, 0.15) is 38.5 Å². The number of amides is 1. The number of carbonyl (C=O) groups excluding carboxylic acids is 1. The van der Waals surface area contributed by atoms with Gasteiger partial charge in [0.25, 0.3) is 0 Å². The first-order valence-corrected chi connectivity index (χ1v) is 9.82. The van der Waals surface area contributed by atoms with E-state index in [0.717, 1.165) is 27.6 Å². The van der Waals surface area contributed by atoms with E-state index in [2.05, 4.69) is 16.8 Å². The predicted octanol–water partition coefficient (Wildman–Crippen LogP) is 3.99. The fraction of sp³-hybridized carbons (Fsp3) is 0.115. The third kappa shape index (κ3) is 4.12. The Labute approximate surface area is 175 Å². The summed E-state index contributed by atoms with van der Waals surface area (Å²) in [7, 11) is 0. The van der Waals surface area contributed by atoms with Gasteiger partial charge in [0.05, 0.1) is 6.61 Å². The fourth-order valence-electron chi connectivity index (χ4n) is 3.71. The number of aliphatic hydroxyl groups is 1. The number of primary amides is 1. The summed E-state index contributed by atoms with van der Waals surface area (Å²) >= 11 is 0. The zero-order chi connectivity index (χ0) is 20.9. The molecule has 4 N–H and O–H groups in total. The number of fused-ring (bicyclic) bond motifs is 1. The van der Waals surface area contributed by atoms with Gasteiger partial charge in [-0.2, -0.15) is 0 Å². The molecule has 0 spiro atoms. The van der Waals surface area contributed by atoms with Crippen LogP contribution in [-0.4, -0.2) is 22.6 Å². The number of hydrogen-bond acceptors (Lipinski definition) is 2. The van der Waals surface area contributed by atoms with E-state index in [4.69, 9.17) is 5.73 Å². The Kier molecular flexibility index (Phi) is 5.65. The number of aromatic amines is 1. The van der Waals surface area contributed by atoms with Crippen LogP contribution in [0.15, 0.2) is 79.0 Å². The van der Waals surface area contributed by atoms with Crippen molar-refractivity contribution < 1.29 is 9.90 Å². The van der Waals surface area contributed by atoms with E-state index in [-0.39, 0.29) is 12.5 Å². The van der Waals surface area contributed by atoms with Crippen LogP contribution in [0.4, 0.5) is 0 Å². The van der Waals surface area contributed by atoms with Gasteiger partial charge in [-0.3, -0.25) is 4.79 Å². The Hall–Kier alpha value is -3.81. The highest BCUT2D eigenvalue weighted by Crippen LogP contribution is 2.28. The maximum absolute atomic E-state index is 12.2. The minimum Gasteiger partial charge on any atom is -0.396 e. The number of nitrogens with two attached hydrogens (primary N) is 1. The maximum Gasteiger partial charge on any atom is 0.249 e. The van der Waals surface area contributed by atoms with E-state index in [1.807, 2.05) is 72.9 Å². The van der Waals surface area contributed by atoms with Crippen molar-refractivity contribution in [1.29, 1.82) is 0 Å². The molecule has 0 unspecified atom stereocenters. The first kappa shape index (κ1) is 19.5. The van der Waals surface area contributed by atoms with Crippen molar-refractivity contribution >= 4 is 16.8 Å². The molecule has 1 aromatic heterocycles. The number of H-pyrrole nitrogens is 1. The molecule has 4 rings (SSSR count). The zero-order valence-electron chi connectivity index (χ0n) is 16.4. The smallest absolute Gasteiger partial charge is 0.249 e. The fourth-order valence-corrected chi connectivity index (χ4v) is 3.71. The second-order valence-electron chi connectivity index (χ2n) is 7.23. The first-order chi connectivity index (χ1) is 14.7. The van der Waals surface area contributed by atoms with E-state index in [9.17, 15) is 9.90 Å². The quantitative estimate of drug-likeness (QED) is 0.448. The van der Waals surface area contributed by atoms with Crippen LogP contribution in [0.5, 0.6) is 0 Å². The molecule has 0 aliphatic carbocycles. The molecule has 0 radical (unpaired) electrons. The summed E-state index contributed by atoms with van der Waals surface area (Å²) in [5, 5.41) is 11.2. The molecule has 1 atom stereocenters. The number of hydrogen-bond donors (Lipinski definition) is 3. The Bertz CT molecular complexity index is 1250. The summed E-state index contributed by atoms with van der Waals surface area (Å²) in [6.45, 7) is -0.0885. The van der Waals surface area contributed by atoms with Crippen molar-refractivity contribution in [2.45, 2.75) is 12.3 Å². The van der Waals surface area contributed by atoms with Crippen molar-refractivity contribution in [1.82, 2.24) is 4.98 Å². The van der Waals surface area contributed by atoms with E-state index in [1.165, 1.54) is 0 Å². The van der Waals surface area contributed by atoms with Crippen molar-refractivity contribution in [3.8, 4) is 11.8 Å². The van der Waals surface area contributed by atoms with Crippen LogP contribution in [0.25, 0.3) is 10.9 Å². The molecule has 4 aromatic rings. The summed E-state index contributed by atoms with van der Waals surface area (Å²) in [5.74, 6) is 5.41. The third-order valence-electron chi connectivity index (χ3n) is 5.25. The average Bonchev–Trinajstić information content (AvgIpc) is 3.19. The van der Waals surface area contributed by atoms with Gasteiger partial charge in [-0.15, -0.1) is 0 Å². The average molecular weight is 394 g/mol. The Morgan fingerprint density at radius 2 is 1.70 bits per heavy atom. The normalized spacial score (nSPS) is 11.6. The number of nitrogens with one attached hydrogen (secondary N) is 1. The molecule has 4 heteroatoms. The number of aromatic nitrogens is 1. The van der Waals surface area contributed by atoms with Gasteiger partial charge >= 0.3 is 0 Å². The Morgan fingerprint density at radius 1 is 0.967 bits per heavy atom. The minimum absolute atomic E-state index is 0.0885. The lowest BCUT2D eigenvalue weighted by Crippen LogP contribution is -2.18. The highest BCUT2D eigenvalue weighted by atomic mass is 16.3. The van der Waals surface area contributed by atoms with Crippen LogP contribution >= 0.6 is 0 Å². The molecule has 0 fully saturated rings. The van der Waals surface area contributed by atoms with E-state index in [1.54, 1.807) is 6.07 Å². The molecule has 3 aromatic carbocycles. The third-order valence-corrected chi connectivity index (χ3v) is 5.25. The highest BCUT2D eigenvalue weighted by molar-refractivity contribution is 5.95. The number of benzene rings is 3. The maximum atomic E-state index is 12.2. The van der Waals surface area contributed by atoms with Crippen molar-refractivity contribution in [3.05, 3.63) is 107 Å². The van der Waals surface area contributed by atoms with Gasteiger partial charge in [-0.25, -0.2) is 0 Å². The molecule has 0 bridgehead atoms. The largest absolute Gasteiger partial charge is 0.396 e. The summed E-state index contributed by atoms with van der Waals surface area (Å²) < 4.78 is 0. The molecule has 0 aliphatic rings. The lowest BCUT2D eigenvalue weighted by Gasteiger charge is -2.17. The van der Waals surface area contributed by atoms with E-state index in [0.29, 0.717) is 17.5 Å². The monoisotopic (exact) mass is 394 g/mol. The molecule has 1 amide bonds. The molecule has 0 saturated heterocycles. The molecular weight excluding hydrogens is 372 g/mol. The topological polar surface area (TPSA) is 79.1 Å². The SMILES string of the molecule is NC(=O)c1cc(C#Cc2ccccc2)ccc1[C@H](CO)Cc1c[nH]c2ccccc12. The van der Waals surface area contributed by atoms with Crippen molar-refractivity contribution in [2.24, 2.45) is 5.73 Å². The lowest BCUT2D eigenvalue weighted by atomic mass is 9.88. The van der Waals surface area contributed by atoms with Crippen molar-refractivity contribution in [3.63, 3.8) is 0 Å². The molecule has 0 saturated carbocycles. The van der Waals surface area contributed by atoms with Crippen LogP contribution in [0.3, 0.4) is 0 Å². The number of rotatable bonds is 5. The van der Waals surface area contributed by atoms with Gasteiger partial charge in [0.15, 0.2) is 0 Å². The molecular formula is C26H22N2O2. The Morgan fingerprint density at radius 3 is 2.47 bits per heavy atom. The predicted molar refractivity (Wildman–Crippen MR) is 119 cm³/mol. The second-order valence-corrected chi connectivity index (χ2v) is 7.23. The highest BCUT2D eigenvalue weighted by Gasteiger charge is 2.20. The summed E-state index contributed by atoms with van der Waals surface area (Å²) in [5.41, 5.74) is 10.6. The van der Waals surface area contributed by atoms with Gasteiger partial charge in [0, 0.05) is 39.7 Å². The minimum atomic E-state index is -0.522. The standard InChI is InChI=1S/C26H22N2O2/c27-26(30)24-14-19(11-10-18-6-2-1-3-7-18)12-13-22(24)21(17-29)15-20-16-28-25-9-5-4-8-23(20)25/h1-9,12-14,16,21,28-29H,15,17H2,(H2,27,30)/t21-/m0/s1. The van der Waals surface area contributed by atoms with E-state index >= 15 is 0 Å². The van der Waals surface area contributed by atoms with Gasteiger partial charge in [0.1, 0.15) is 0 Å². The van der Waals surface area contributed by atoms with Gasteiger partial charge < -0.3 is 15.8 Å². The summed E-state index contributed by atoms with van der Waals surface area (Å²) in [4.78, 5) is 15.4. The zero-order valence-corrected chi connectivity index (χ0v) is 16.4. The number of carbonyl (C=O) groups is 1.